The van der Waals surface area contributed by atoms with Crippen molar-refractivity contribution >= 4 is 32.9 Å². The van der Waals surface area contributed by atoms with Gasteiger partial charge >= 0.3 is 5.97 Å². The molecular weight excluding hydrogens is 279 g/mol. The fourth-order valence-electron chi connectivity index (χ4n) is 1.38. The summed E-state index contributed by atoms with van der Waals surface area (Å²) in [4.78, 5) is 17.5. The van der Waals surface area contributed by atoms with Crippen molar-refractivity contribution in [2.75, 3.05) is 6.61 Å². The van der Waals surface area contributed by atoms with Gasteiger partial charge in [0, 0.05) is 4.47 Å². The lowest BCUT2D eigenvalue weighted by Crippen LogP contribution is -2.04. The van der Waals surface area contributed by atoms with E-state index in [0.717, 1.165) is 0 Å². The molecule has 0 spiro atoms. The molecule has 0 atom stereocenters. The lowest BCUT2D eigenvalue weighted by atomic mass is 10.2. The molecule has 84 valence electrons. The van der Waals surface area contributed by atoms with Crippen LogP contribution in [0.1, 0.15) is 17.3 Å². The van der Waals surface area contributed by atoms with Gasteiger partial charge in [-0.1, -0.05) is 0 Å². The van der Waals surface area contributed by atoms with Gasteiger partial charge in [0.05, 0.1) is 17.7 Å². The normalized spacial score (nSPS) is 10.7. The fourth-order valence-corrected chi connectivity index (χ4v) is 1.93. The quantitative estimate of drug-likeness (QED) is 0.864. The van der Waals surface area contributed by atoms with E-state index in [4.69, 9.17) is 4.74 Å². The number of hydrogen-bond donors (Lipinski definition) is 1. The molecule has 1 N–H and O–H groups in total. The molecule has 0 saturated carbocycles. The topological polar surface area (TPSA) is 55.0 Å². The number of halogens is 2. The van der Waals surface area contributed by atoms with E-state index in [1.54, 1.807) is 13.0 Å². The summed E-state index contributed by atoms with van der Waals surface area (Å²) in [6, 6.07) is 3.06. The molecule has 2 rings (SSSR count). The van der Waals surface area contributed by atoms with Crippen molar-refractivity contribution in [2.24, 2.45) is 0 Å². The molecule has 0 fully saturated rings. The lowest BCUT2D eigenvalue weighted by Gasteiger charge is -2.02. The first-order chi connectivity index (χ1) is 7.61. The van der Waals surface area contributed by atoms with Crippen molar-refractivity contribution in [3.63, 3.8) is 0 Å². The van der Waals surface area contributed by atoms with Crippen LogP contribution >= 0.6 is 15.9 Å². The maximum Gasteiger partial charge on any atom is 0.338 e. The zero-order valence-electron chi connectivity index (χ0n) is 8.38. The molecule has 0 aliphatic rings. The second-order valence-electron chi connectivity index (χ2n) is 3.10. The summed E-state index contributed by atoms with van der Waals surface area (Å²) in [5.74, 6) is -0.444. The van der Waals surface area contributed by atoms with Crippen molar-refractivity contribution in [1.29, 1.82) is 0 Å². The van der Waals surface area contributed by atoms with E-state index >= 15 is 0 Å². The summed E-state index contributed by atoms with van der Waals surface area (Å²) in [7, 11) is 0. The van der Waals surface area contributed by atoms with Crippen LogP contribution in [0.3, 0.4) is 0 Å². The third-order valence-corrected chi connectivity index (χ3v) is 2.63. The van der Waals surface area contributed by atoms with Gasteiger partial charge in [-0.25, -0.2) is 9.78 Å². The van der Waals surface area contributed by atoms with Crippen LogP contribution < -0.4 is 0 Å². The van der Waals surface area contributed by atoms with Crippen LogP contribution in [0.2, 0.25) is 0 Å². The van der Waals surface area contributed by atoms with Crippen molar-refractivity contribution in [1.82, 2.24) is 9.97 Å². The molecule has 1 aromatic heterocycles. The third kappa shape index (κ3) is 1.92. The summed E-state index contributed by atoms with van der Waals surface area (Å²) in [5, 5.41) is 0. The maximum absolute atomic E-state index is 12.9. The van der Waals surface area contributed by atoms with Gasteiger partial charge in [-0.05, 0) is 35.0 Å². The SMILES string of the molecule is CCOC(=O)c1cc(Br)c2nc(F)[nH]c2c1. The van der Waals surface area contributed by atoms with E-state index in [1.165, 1.54) is 6.07 Å². The number of H-pyrrole nitrogens is 1. The van der Waals surface area contributed by atoms with Crippen LogP contribution in [0.5, 0.6) is 0 Å². The molecule has 1 heterocycles. The molecule has 4 nitrogen and oxygen atoms in total. The number of fused-ring (bicyclic) bond motifs is 1. The van der Waals surface area contributed by atoms with Gasteiger partial charge in [0.15, 0.2) is 0 Å². The van der Waals surface area contributed by atoms with Crippen molar-refractivity contribution in [2.45, 2.75) is 6.92 Å². The molecule has 0 aliphatic carbocycles. The molecule has 0 saturated heterocycles. The minimum absolute atomic E-state index is 0.297. The zero-order valence-corrected chi connectivity index (χ0v) is 9.97. The Morgan fingerprint density at radius 2 is 2.38 bits per heavy atom. The average molecular weight is 287 g/mol. The van der Waals surface area contributed by atoms with Crippen LogP contribution in [0.25, 0.3) is 11.0 Å². The number of rotatable bonds is 2. The summed E-state index contributed by atoms with van der Waals surface area (Å²) in [6.07, 6.45) is -0.684. The number of aromatic amines is 1. The number of ether oxygens (including phenoxy) is 1. The van der Waals surface area contributed by atoms with E-state index in [0.29, 0.717) is 27.7 Å². The molecule has 6 heteroatoms. The number of nitrogens with zero attached hydrogens (tertiary/aromatic N) is 1. The van der Waals surface area contributed by atoms with Gasteiger partial charge in [0.25, 0.3) is 6.08 Å². The second kappa shape index (κ2) is 4.21. The van der Waals surface area contributed by atoms with Crippen LogP contribution in [0.15, 0.2) is 16.6 Å². The van der Waals surface area contributed by atoms with E-state index in [-0.39, 0.29) is 0 Å². The van der Waals surface area contributed by atoms with Gasteiger partial charge in [0.2, 0.25) is 0 Å². The Balaban J connectivity index is 2.53. The lowest BCUT2D eigenvalue weighted by molar-refractivity contribution is 0.0526. The Kier molecular flexibility index (Phi) is 2.91. The summed E-state index contributed by atoms with van der Waals surface area (Å²) >= 11 is 3.22. The van der Waals surface area contributed by atoms with Crippen molar-refractivity contribution in [3.05, 3.63) is 28.2 Å². The Bertz CT molecular complexity index is 553. The number of aromatic nitrogens is 2. The first-order valence-corrected chi connectivity index (χ1v) is 5.43. The molecule has 16 heavy (non-hydrogen) atoms. The second-order valence-corrected chi connectivity index (χ2v) is 3.96. The first-order valence-electron chi connectivity index (χ1n) is 4.63. The predicted molar refractivity (Wildman–Crippen MR) is 59.7 cm³/mol. The van der Waals surface area contributed by atoms with E-state index in [1.807, 2.05) is 0 Å². The van der Waals surface area contributed by atoms with Gasteiger partial charge < -0.3 is 9.72 Å². The minimum atomic E-state index is -0.684. The molecule has 0 amide bonds. The van der Waals surface area contributed by atoms with E-state index in [9.17, 15) is 9.18 Å². The van der Waals surface area contributed by atoms with Crippen molar-refractivity contribution < 1.29 is 13.9 Å². The summed E-state index contributed by atoms with van der Waals surface area (Å²) in [5.41, 5.74) is 1.25. The molecule has 0 radical (unpaired) electrons. The molecule has 1 aromatic carbocycles. The minimum Gasteiger partial charge on any atom is -0.462 e. The smallest absolute Gasteiger partial charge is 0.338 e. The van der Waals surface area contributed by atoms with Gasteiger partial charge in [-0.3, -0.25) is 0 Å². The number of carbonyl (C=O) groups is 1. The number of nitrogens with one attached hydrogen (secondary N) is 1. The van der Waals surface area contributed by atoms with Crippen molar-refractivity contribution in [3.8, 4) is 0 Å². The Labute approximate surface area is 98.9 Å². The first kappa shape index (κ1) is 11.1. The number of benzene rings is 1. The number of carbonyl (C=O) groups excluding carboxylic acids is 1. The molecule has 0 bridgehead atoms. The standard InChI is InChI=1S/C10H8BrFN2O2/c1-2-16-9(15)5-3-6(11)8-7(4-5)13-10(12)14-8/h3-4H,2H2,1H3,(H,13,14). The highest BCUT2D eigenvalue weighted by molar-refractivity contribution is 9.10. The van der Waals surface area contributed by atoms with Gasteiger partial charge in [-0.15, -0.1) is 0 Å². The van der Waals surface area contributed by atoms with E-state index in [2.05, 4.69) is 25.9 Å². The molecular formula is C10H8BrFN2O2. The molecule has 0 unspecified atom stereocenters. The van der Waals surface area contributed by atoms with Crippen LogP contribution in [-0.2, 0) is 4.74 Å². The van der Waals surface area contributed by atoms with Gasteiger partial charge in [-0.2, -0.15) is 4.39 Å². The average Bonchev–Trinajstić information content (AvgIpc) is 2.59. The Hall–Kier alpha value is -1.43. The molecule has 0 aliphatic heterocycles. The maximum atomic E-state index is 12.9. The van der Waals surface area contributed by atoms with Gasteiger partial charge in [0.1, 0.15) is 5.52 Å². The Morgan fingerprint density at radius 1 is 1.62 bits per heavy atom. The zero-order chi connectivity index (χ0) is 11.7. The monoisotopic (exact) mass is 286 g/mol. The molecule has 2 aromatic rings. The highest BCUT2D eigenvalue weighted by Gasteiger charge is 2.12. The van der Waals surface area contributed by atoms with Crippen LogP contribution in [-0.4, -0.2) is 22.5 Å². The summed E-state index contributed by atoms with van der Waals surface area (Å²) < 4.78 is 18.3. The Morgan fingerprint density at radius 3 is 3.06 bits per heavy atom. The van der Waals surface area contributed by atoms with Crippen LogP contribution in [0, 0.1) is 6.08 Å². The summed E-state index contributed by atoms with van der Waals surface area (Å²) in [6.45, 7) is 2.02. The highest BCUT2D eigenvalue weighted by atomic mass is 79.9. The number of imidazole rings is 1. The van der Waals surface area contributed by atoms with E-state index < -0.39 is 12.0 Å². The third-order valence-electron chi connectivity index (χ3n) is 2.02. The number of esters is 1. The highest BCUT2D eigenvalue weighted by Crippen LogP contribution is 2.24. The predicted octanol–water partition coefficient (Wildman–Crippen LogP) is 2.64. The largest absolute Gasteiger partial charge is 0.462 e. The van der Waals surface area contributed by atoms with Crippen LogP contribution in [0.4, 0.5) is 4.39 Å². The fraction of sp³-hybridized carbons (Fsp3) is 0.200. The number of hydrogen-bond acceptors (Lipinski definition) is 3.